The number of ether oxygens (including phenoxy) is 1. The molecule has 1 aromatic carbocycles. The summed E-state index contributed by atoms with van der Waals surface area (Å²) in [7, 11) is 1.61. The van der Waals surface area contributed by atoms with Crippen LogP contribution in [0.25, 0.3) is 0 Å². The molecule has 1 aliphatic heterocycles. The second kappa shape index (κ2) is 8.54. The third kappa shape index (κ3) is 4.97. The third-order valence-corrected chi connectivity index (χ3v) is 4.73. The molecule has 0 aliphatic carbocycles. The van der Waals surface area contributed by atoms with Crippen molar-refractivity contribution in [3.05, 3.63) is 30.3 Å². The van der Waals surface area contributed by atoms with E-state index in [9.17, 15) is 9.59 Å². The van der Waals surface area contributed by atoms with Gasteiger partial charge in [-0.1, -0.05) is 39.0 Å². The molecular weight excluding hydrogens is 330 g/mol. The second-order valence-electron chi connectivity index (χ2n) is 7.86. The maximum Gasteiger partial charge on any atom is 0.245 e. The highest BCUT2D eigenvalue weighted by Crippen LogP contribution is 2.30. The zero-order valence-electron chi connectivity index (χ0n) is 16.3. The minimum Gasteiger partial charge on any atom is -0.383 e. The number of anilines is 1. The maximum atomic E-state index is 12.9. The van der Waals surface area contributed by atoms with Gasteiger partial charge in [0, 0.05) is 37.8 Å². The lowest BCUT2D eigenvalue weighted by Crippen LogP contribution is -2.60. The zero-order valence-corrected chi connectivity index (χ0v) is 16.3. The van der Waals surface area contributed by atoms with E-state index in [-0.39, 0.29) is 11.8 Å². The molecule has 144 valence electrons. The molecular formula is C20H31N3O3. The van der Waals surface area contributed by atoms with Gasteiger partial charge in [0.25, 0.3) is 0 Å². The van der Waals surface area contributed by atoms with Crippen molar-refractivity contribution in [1.29, 1.82) is 0 Å². The molecule has 1 aliphatic rings. The molecule has 0 aromatic heterocycles. The maximum absolute atomic E-state index is 12.9. The Hall–Kier alpha value is -2.08. The first-order valence-corrected chi connectivity index (χ1v) is 9.18. The Morgan fingerprint density at radius 3 is 2.31 bits per heavy atom. The summed E-state index contributed by atoms with van der Waals surface area (Å²) in [6.45, 7) is 7.85. The van der Waals surface area contributed by atoms with Crippen LogP contribution in [0.2, 0.25) is 0 Å². The first-order valence-electron chi connectivity index (χ1n) is 9.18. The number of hydrogen-bond donors (Lipinski definition) is 2. The van der Waals surface area contributed by atoms with Crippen LogP contribution in [-0.2, 0) is 14.3 Å². The van der Waals surface area contributed by atoms with Crippen LogP contribution in [0.3, 0.4) is 0 Å². The summed E-state index contributed by atoms with van der Waals surface area (Å²) < 4.78 is 5.03. The van der Waals surface area contributed by atoms with Gasteiger partial charge in [0.05, 0.1) is 6.61 Å². The lowest BCUT2D eigenvalue weighted by atomic mass is 9.84. The Morgan fingerprint density at radius 1 is 1.15 bits per heavy atom. The summed E-state index contributed by atoms with van der Waals surface area (Å²) in [6, 6.07) is 9.74. The van der Waals surface area contributed by atoms with Crippen molar-refractivity contribution in [3.63, 3.8) is 0 Å². The summed E-state index contributed by atoms with van der Waals surface area (Å²) in [6.07, 6.45) is 1.14. The van der Waals surface area contributed by atoms with E-state index < -0.39 is 11.0 Å². The van der Waals surface area contributed by atoms with Crippen LogP contribution in [0.1, 0.15) is 33.6 Å². The molecule has 0 atom stereocenters. The number of benzene rings is 1. The Morgan fingerprint density at radius 2 is 1.77 bits per heavy atom. The van der Waals surface area contributed by atoms with Gasteiger partial charge in [0.15, 0.2) is 0 Å². The molecule has 2 amide bonds. The first-order chi connectivity index (χ1) is 12.3. The van der Waals surface area contributed by atoms with Gasteiger partial charge in [-0.25, -0.2) is 0 Å². The van der Waals surface area contributed by atoms with E-state index in [2.05, 4.69) is 10.6 Å². The molecule has 1 fully saturated rings. The highest BCUT2D eigenvalue weighted by atomic mass is 16.5. The number of nitrogens with one attached hydrogen (secondary N) is 2. The average molecular weight is 361 g/mol. The molecule has 0 unspecified atom stereocenters. The number of hydrogen-bond acceptors (Lipinski definition) is 4. The van der Waals surface area contributed by atoms with Crippen molar-refractivity contribution in [2.45, 2.75) is 39.2 Å². The molecule has 0 saturated carbocycles. The van der Waals surface area contributed by atoms with E-state index in [1.807, 2.05) is 56.0 Å². The number of amides is 2. The average Bonchev–Trinajstić information content (AvgIpc) is 2.62. The highest BCUT2D eigenvalue weighted by molar-refractivity contribution is 5.90. The summed E-state index contributed by atoms with van der Waals surface area (Å²) in [5.41, 5.74) is -0.220. The number of nitrogens with zero attached hydrogens (tertiary/aromatic N) is 1. The van der Waals surface area contributed by atoms with Gasteiger partial charge in [-0.15, -0.1) is 0 Å². The van der Waals surface area contributed by atoms with Gasteiger partial charge < -0.3 is 20.3 Å². The number of methoxy groups -OCH3 is 1. The predicted molar refractivity (Wildman–Crippen MR) is 103 cm³/mol. The van der Waals surface area contributed by atoms with E-state index in [0.29, 0.717) is 39.1 Å². The predicted octanol–water partition coefficient (Wildman–Crippen LogP) is 2.27. The van der Waals surface area contributed by atoms with Crippen molar-refractivity contribution in [1.82, 2.24) is 10.2 Å². The van der Waals surface area contributed by atoms with Gasteiger partial charge in [0.2, 0.25) is 11.8 Å². The molecule has 0 bridgehead atoms. The molecule has 6 heteroatoms. The monoisotopic (exact) mass is 361 g/mol. The Kier molecular flexibility index (Phi) is 6.64. The zero-order chi connectivity index (χ0) is 19.2. The number of para-hydroxylation sites is 1. The molecule has 2 N–H and O–H groups in total. The smallest absolute Gasteiger partial charge is 0.245 e. The molecule has 0 radical (unpaired) electrons. The summed E-state index contributed by atoms with van der Waals surface area (Å²) in [4.78, 5) is 27.4. The Labute approximate surface area is 156 Å². The topological polar surface area (TPSA) is 70.7 Å². The van der Waals surface area contributed by atoms with E-state index in [1.54, 1.807) is 7.11 Å². The molecule has 26 heavy (non-hydrogen) atoms. The number of carbonyl (C=O) groups is 2. The fourth-order valence-corrected chi connectivity index (χ4v) is 3.21. The summed E-state index contributed by atoms with van der Waals surface area (Å²) in [5, 5.41) is 6.39. The van der Waals surface area contributed by atoms with Crippen molar-refractivity contribution in [3.8, 4) is 0 Å². The third-order valence-electron chi connectivity index (χ3n) is 4.73. The summed E-state index contributed by atoms with van der Waals surface area (Å²) >= 11 is 0. The van der Waals surface area contributed by atoms with E-state index in [1.165, 1.54) is 0 Å². The fraction of sp³-hybridized carbons (Fsp3) is 0.600. The standard InChI is InChI=1S/C20H31N3O3/c1-19(2,3)18(25)23-13-10-20(11-14-23,17(24)21-12-15-26-4)22-16-8-6-5-7-9-16/h5-9,22H,10-15H2,1-4H3,(H,21,24). The lowest BCUT2D eigenvalue weighted by molar-refractivity contribution is -0.142. The van der Waals surface area contributed by atoms with Crippen molar-refractivity contribution >= 4 is 17.5 Å². The SMILES string of the molecule is COCCNC(=O)C1(Nc2ccccc2)CCN(C(=O)C(C)(C)C)CC1. The molecule has 0 spiro atoms. The Balaban J connectivity index is 2.13. The van der Waals surface area contributed by atoms with E-state index in [4.69, 9.17) is 4.74 Å². The van der Waals surface area contributed by atoms with Crippen LogP contribution in [0.4, 0.5) is 5.69 Å². The van der Waals surface area contributed by atoms with Crippen molar-refractivity contribution in [2.24, 2.45) is 5.41 Å². The lowest BCUT2D eigenvalue weighted by Gasteiger charge is -2.43. The minimum atomic E-state index is -0.718. The summed E-state index contributed by atoms with van der Waals surface area (Å²) in [5.74, 6) is 0.0897. The second-order valence-corrected chi connectivity index (χ2v) is 7.86. The molecule has 1 aromatic rings. The van der Waals surface area contributed by atoms with Crippen LogP contribution in [-0.4, -0.2) is 55.6 Å². The highest BCUT2D eigenvalue weighted by Gasteiger charge is 2.43. The first kappa shape index (κ1) is 20.2. The minimum absolute atomic E-state index is 0.0405. The number of carbonyl (C=O) groups excluding carboxylic acids is 2. The van der Waals surface area contributed by atoms with Crippen LogP contribution < -0.4 is 10.6 Å². The number of rotatable bonds is 6. The largest absolute Gasteiger partial charge is 0.383 e. The van der Waals surface area contributed by atoms with Gasteiger partial charge in [-0.05, 0) is 25.0 Å². The molecule has 2 rings (SSSR count). The molecule has 1 saturated heterocycles. The van der Waals surface area contributed by atoms with Crippen LogP contribution in [0.15, 0.2) is 30.3 Å². The van der Waals surface area contributed by atoms with Crippen molar-refractivity contribution < 1.29 is 14.3 Å². The number of likely N-dealkylation sites (tertiary alicyclic amines) is 1. The number of piperidine rings is 1. The molecule has 6 nitrogen and oxygen atoms in total. The van der Waals surface area contributed by atoms with Crippen LogP contribution in [0, 0.1) is 5.41 Å². The van der Waals surface area contributed by atoms with Crippen LogP contribution >= 0.6 is 0 Å². The quantitative estimate of drug-likeness (QED) is 0.763. The van der Waals surface area contributed by atoms with E-state index >= 15 is 0 Å². The van der Waals surface area contributed by atoms with Gasteiger partial charge in [-0.3, -0.25) is 9.59 Å². The van der Waals surface area contributed by atoms with E-state index in [0.717, 1.165) is 5.69 Å². The van der Waals surface area contributed by atoms with Gasteiger partial charge >= 0.3 is 0 Å². The van der Waals surface area contributed by atoms with Gasteiger partial charge in [0.1, 0.15) is 5.54 Å². The van der Waals surface area contributed by atoms with Crippen molar-refractivity contribution in [2.75, 3.05) is 38.7 Å². The fourth-order valence-electron chi connectivity index (χ4n) is 3.21. The van der Waals surface area contributed by atoms with Crippen LogP contribution in [0.5, 0.6) is 0 Å². The normalized spacial score (nSPS) is 16.8. The van der Waals surface area contributed by atoms with Gasteiger partial charge in [-0.2, -0.15) is 0 Å². The molecule has 1 heterocycles. The Bertz CT molecular complexity index is 602.